The van der Waals surface area contributed by atoms with Gasteiger partial charge in [-0.2, -0.15) is 0 Å². The van der Waals surface area contributed by atoms with Gasteiger partial charge >= 0.3 is 0 Å². The third-order valence-corrected chi connectivity index (χ3v) is 1.54. The summed E-state index contributed by atoms with van der Waals surface area (Å²) in [5.41, 5.74) is 2.04. The molecular formula is C11H18N2O2. The Labute approximate surface area is 90.3 Å². The molecule has 2 rings (SSSR count). The van der Waals surface area contributed by atoms with Gasteiger partial charge in [0.05, 0.1) is 11.9 Å². The second-order valence-corrected chi connectivity index (χ2v) is 2.70. The van der Waals surface area contributed by atoms with Gasteiger partial charge in [-0.3, -0.25) is 0 Å². The van der Waals surface area contributed by atoms with E-state index in [-0.39, 0.29) is 0 Å². The van der Waals surface area contributed by atoms with Gasteiger partial charge in [-0.05, 0) is 20.8 Å². The Morgan fingerprint density at radius 3 is 1.93 bits per heavy atom. The summed E-state index contributed by atoms with van der Waals surface area (Å²) in [5, 5.41) is 3.45. The molecule has 0 aliphatic carbocycles. The van der Waals surface area contributed by atoms with Crippen molar-refractivity contribution in [2.24, 2.45) is 0 Å². The molecule has 0 aliphatic heterocycles. The predicted molar refractivity (Wildman–Crippen MR) is 58.6 cm³/mol. The number of oxazole rings is 1. The van der Waals surface area contributed by atoms with Gasteiger partial charge in [0.15, 0.2) is 6.39 Å². The SMILES string of the molecule is CC.Cc1cnoc1.Cc1ncoc1C. The van der Waals surface area contributed by atoms with Crippen molar-refractivity contribution in [1.82, 2.24) is 10.1 Å². The lowest BCUT2D eigenvalue weighted by Gasteiger charge is -1.76. The Bertz CT molecular complexity index is 323. The second kappa shape index (κ2) is 7.79. The number of rotatable bonds is 0. The van der Waals surface area contributed by atoms with E-state index in [1.807, 2.05) is 34.6 Å². The van der Waals surface area contributed by atoms with Gasteiger partial charge in [0.2, 0.25) is 0 Å². The molecule has 0 aliphatic rings. The summed E-state index contributed by atoms with van der Waals surface area (Å²) in [6, 6.07) is 0. The summed E-state index contributed by atoms with van der Waals surface area (Å²) >= 11 is 0. The molecule has 0 atom stereocenters. The number of hydrogen-bond acceptors (Lipinski definition) is 4. The molecule has 0 bridgehead atoms. The molecule has 2 aromatic rings. The quantitative estimate of drug-likeness (QED) is 0.669. The lowest BCUT2D eigenvalue weighted by atomic mass is 10.4. The molecule has 84 valence electrons. The average molecular weight is 210 g/mol. The van der Waals surface area contributed by atoms with E-state index in [1.165, 1.54) is 6.39 Å². The van der Waals surface area contributed by atoms with E-state index in [2.05, 4.69) is 14.7 Å². The van der Waals surface area contributed by atoms with E-state index in [9.17, 15) is 0 Å². The first-order valence-electron chi connectivity index (χ1n) is 4.93. The van der Waals surface area contributed by atoms with Crippen LogP contribution in [0, 0.1) is 20.8 Å². The molecule has 0 N–H and O–H groups in total. The van der Waals surface area contributed by atoms with E-state index in [0.717, 1.165) is 17.0 Å². The Morgan fingerprint density at radius 2 is 1.80 bits per heavy atom. The van der Waals surface area contributed by atoms with Gasteiger partial charge < -0.3 is 8.94 Å². The van der Waals surface area contributed by atoms with Crippen LogP contribution in [0.5, 0.6) is 0 Å². The molecule has 0 radical (unpaired) electrons. The first-order valence-corrected chi connectivity index (χ1v) is 4.93. The van der Waals surface area contributed by atoms with Crippen LogP contribution in [0.4, 0.5) is 0 Å². The maximum absolute atomic E-state index is 4.85. The van der Waals surface area contributed by atoms with Crippen molar-refractivity contribution < 1.29 is 8.94 Å². The molecular weight excluding hydrogens is 192 g/mol. The van der Waals surface area contributed by atoms with E-state index < -0.39 is 0 Å². The maximum Gasteiger partial charge on any atom is 0.181 e. The van der Waals surface area contributed by atoms with E-state index >= 15 is 0 Å². The maximum atomic E-state index is 4.85. The van der Waals surface area contributed by atoms with Gasteiger partial charge in [-0.25, -0.2) is 4.98 Å². The van der Waals surface area contributed by atoms with E-state index in [4.69, 9.17) is 4.42 Å². The van der Waals surface area contributed by atoms with E-state index in [0.29, 0.717) is 0 Å². The standard InChI is InChI=1S/C5H7NO.C4H5NO.C2H6/c1-4-5(2)7-3-6-4;1-4-2-5-6-3-4;1-2/h3H,1-2H3;2-3H,1H3;1-2H3. The third kappa shape index (κ3) is 5.67. The van der Waals surface area contributed by atoms with Crippen LogP contribution < -0.4 is 0 Å². The molecule has 0 saturated heterocycles. The smallest absolute Gasteiger partial charge is 0.181 e. The van der Waals surface area contributed by atoms with Gasteiger partial charge in [0.25, 0.3) is 0 Å². The molecule has 4 nitrogen and oxygen atoms in total. The van der Waals surface area contributed by atoms with Gasteiger partial charge in [-0.1, -0.05) is 19.0 Å². The number of aryl methyl sites for hydroxylation is 3. The van der Waals surface area contributed by atoms with Crippen LogP contribution in [-0.4, -0.2) is 10.1 Å². The predicted octanol–water partition coefficient (Wildman–Crippen LogP) is 3.30. The van der Waals surface area contributed by atoms with Crippen LogP contribution in [0.3, 0.4) is 0 Å². The zero-order valence-corrected chi connectivity index (χ0v) is 9.94. The highest BCUT2D eigenvalue weighted by atomic mass is 16.5. The Hall–Kier alpha value is -1.58. The van der Waals surface area contributed by atoms with Crippen LogP contribution in [0.1, 0.15) is 30.9 Å². The first kappa shape index (κ1) is 13.4. The number of nitrogens with zero attached hydrogens (tertiary/aromatic N) is 2. The van der Waals surface area contributed by atoms with Crippen LogP contribution in [0.15, 0.2) is 27.8 Å². The van der Waals surface area contributed by atoms with Crippen molar-refractivity contribution in [2.75, 3.05) is 0 Å². The van der Waals surface area contributed by atoms with Crippen molar-refractivity contribution in [3.63, 3.8) is 0 Å². The van der Waals surface area contributed by atoms with Crippen LogP contribution >= 0.6 is 0 Å². The minimum atomic E-state index is 0.903. The zero-order valence-electron chi connectivity index (χ0n) is 9.94. The fourth-order valence-electron chi connectivity index (χ4n) is 0.618. The molecule has 0 fully saturated rings. The highest BCUT2D eigenvalue weighted by molar-refractivity contribution is 5.00. The fourth-order valence-corrected chi connectivity index (χ4v) is 0.618. The van der Waals surface area contributed by atoms with Crippen molar-refractivity contribution >= 4 is 0 Å². The normalized spacial score (nSPS) is 8.33. The lowest BCUT2D eigenvalue weighted by molar-refractivity contribution is 0.419. The molecule has 2 heterocycles. The largest absolute Gasteiger partial charge is 0.449 e. The van der Waals surface area contributed by atoms with Gasteiger partial charge in [0.1, 0.15) is 12.0 Å². The summed E-state index contributed by atoms with van der Waals surface area (Å²) in [6.45, 7) is 9.73. The molecule has 0 spiro atoms. The molecule has 15 heavy (non-hydrogen) atoms. The fraction of sp³-hybridized carbons (Fsp3) is 0.455. The first-order chi connectivity index (χ1) is 7.20. The molecule has 0 saturated carbocycles. The van der Waals surface area contributed by atoms with E-state index in [1.54, 1.807) is 12.5 Å². The minimum Gasteiger partial charge on any atom is -0.449 e. The summed E-state index contributed by atoms with van der Waals surface area (Å²) < 4.78 is 9.32. The molecule has 0 amide bonds. The molecule has 2 aromatic heterocycles. The topological polar surface area (TPSA) is 52.1 Å². The Balaban J connectivity index is 0.000000227. The van der Waals surface area contributed by atoms with Crippen molar-refractivity contribution in [3.8, 4) is 0 Å². The van der Waals surface area contributed by atoms with Crippen molar-refractivity contribution in [3.05, 3.63) is 35.9 Å². The van der Waals surface area contributed by atoms with Crippen LogP contribution in [-0.2, 0) is 0 Å². The molecule has 0 unspecified atom stereocenters. The van der Waals surface area contributed by atoms with Gasteiger partial charge in [0, 0.05) is 5.56 Å². The average Bonchev–Trinajstić information content (AvgIpc) is 2.84. The Kier molecular flexibility index (Phi) is 6.97. The van der Waals surface area contributed by atoms with Crippen molar-refractivity contribution in [2.45, 2.75) is 34.6 Å². The zero-order chi connectivity index (χ0) is 11.7. The summed E-state index contributed by atoms with van der Waals surface area (Å²) in [7, 11) is 0. The van der Waals surface area contributed by atoms with Crippen molar-refractivity contribution in [1.29, 1.82) is 0 Å². The summed E-state index contributed by atoms with van der Waals surface area (Å²) in [4.78, 5) is 3.85. The number of aromatic nitrogens is 2. The lowest BCUT2D eigenvalue weighted by Crippen LogP contribution is -1.69. The van der Waals surface area contributed by atoms with Crippen LogP contribution in [0.2, 0.25) is 0 Å². The minimum absolute atomic E-state index is 0.903. The van der Waals surface area contributed by atoms with Gasteiger partial charge in [-0.15, -0.1) is 0 Å². The monoisotopic (exact) mass is 210 g/mol. The molecule has 0 aromatic carbocycles. The summed E-state index contributed by atoms with van der Waals surface area (Å²) in [6.07, 6.45) is 4.71. The second-order valence-electron chi connectivity index (χ2n) is 2.70. The molecule has 4 heteroatoms. The highest BCUT2D eigenvalue weighted by Crippen LogP contribution is 1.99. The number of hydrogen-bond donors (Lipinski definition) is 0. The third-order valence-electron chi connectivity index (χ3n) is 1.54. The summed E-state index contributed by atoms with van der Waals surface area (Å²) in [5.74, 6) is 0.903. The Morgan fingerprint density at radius 1 is 1.13 bits per heavy atom. The van der Waals surface area contributed by atoms with Crippen LogP contribution in [0.25, 0.3) is 0 Å². The highest BCUT2D eigenvalue weighted by Gasteiger charge is 1.90.